The van der Waals surface area contributed by atoms with Gasteiger partial charge in [-0.1, -0.05) is 17.7 Å². The van der Waals surface area contributed by atoms with Crippen molar-refractivity contribution in [3.63, 3.8) is 0 Å². The summed E-state index contributed by atoms with van der Waals surface area (Å²) in [5.41, 5.74) is 1.38. The molecule has 0 aliphatic heterocycles. The van der Waals surface area contributed by atoms with Crippen molar-refractivity contribution in [2.24, 2.45) is 0 Å². The van der Waals surface area contributed by atoms with Crippen LogP contribution in [0, 0.1) is 0 Å². The lowest BCUT2D eigenvalue weighted by molar-refractivity contribution is -0.111. The van der Waals surface area contributed by atoms with Gasteiger partial charge in [-0.25, -0.2) is 0 Å². The summed E-state index contributed by atoms with van der Waals surface area (Å²) in [6.07, 6.45) is 6.45. The topological polar surface area (TPSA) is 51.2 Å². The number of halogens is 1. The number of carbonyl (C=O) groups is 1. The fourth-order valence-corrected chi connectivity index (χ4v) is 1.77. The molecule has 1 aromatic carbocycles. The van der Waals surface area contributed by atoms with E-state index in [0.717, 1.165) is 5.56 Å². The number of anilines is 1. The van der Waals surface area contributed by atoms with Crippen LogP contribution in [-0.4, -0.2) is 18.0 Å². The van der Waals surface area contributed by atoms with Crippen molar-refractivity contribution in [2.75, 3.05) is 12.4 Å². The van der Waals surface area contributed by atoms with E-state index in [1.807, 2.05) is 6.07 Å². The number of nitrogens with one attached hydrogen (secondary N) is 1. The van der Waals surface area contributed by atoms with Gasteiger partial charge < -0.3 is 10.1 Å². The Morgan fingerprint density at radius 2 is 2.25 bits per heavy atom. The third-order valence-electron chi connectivity index (χ3n) is 2.53. The molecule has 0 aliphatic rings. The average molecular weight is 289 g/mol. The number of carbonyl (C=O) groups excluding carboxylic acids is 1. The van der Waals surface area contributed by atoms with Gasteiger partial charge in [0, 0.05) is 23.5 Å². The Morgan fingerprint density at radius 1 is 1.40 bits per heavy atom. The molecule has 102 valence electrons. The second-order valence-electron chi connectivity index (χ2n) is 3.95. The third-order valence-corrected chi connectivity index (χ3v) is 2.77. The number of benzene rings is 1. The minimum Gasteiger partial charge on any atom is -0.495 e. The standard InChI is InChI=1S/C15H13ClN2O2/c1-20-14-6-5-12(16)9-13(14)18-15(19)7-4-11-3-2-8-17-10-11/h2-10H,1H3,(H,18,19). The lowest BCUT2D eigenvalue weighted by atomic mass is 10.2. The normalized spacial score (nSPS) is 10.5. The van der Waals surface area contributed by atoms with E-state index < -0.39 is 0 Å². The highest BCUT2D eigenvalue weighted by molar-refractivity contribution is 6.31. The van der Waals surface area contributed by atoms with Crippen LogP contribution >= 0.6 is 11.6 Å². The minimum absolute atomic E-state index is 0.269. The van der Waals surface area contributed by atoms with Crippen molar-refractivity contribution in [1.29, 1.82) is 0 Å². The van der Waals surface area contributed by atoms with Gasteiger partial charge in [0.1, 0.15) is 5.75 Å². The van der Waals surface area contributed by atoms with Gasteiger partial charge in [-0.3, -0.25) is 9.78 Å². The van der Waals surface area contributed by atoms with Gasteiger partial charge in [0.15, 0.2) is 0 Å². The molecule has 0 aliphatic carbocycles. The number of hydrogen-bond donors (Lipinski definition) is 1. The predicted molar refractivity (Wildman–Crippen MR) is 79.9 cm³/mol. The second-order valence-corrected chi connectivity index (χ2v) is 4.39. The van der Waals surface area contributed by atoms with Crippen molar-refractivity contribution in [3.05, 3.63) is 59.4 Å². The first-order valence-corrected chi connectivity index (χ1v) is 6.29. The zero-order chi connectivity index (χ0) is 14.4. The summed E-state index contributed by atoms with van der Waals surface area (Å²) in [4.78, 5) is 15.8. The number of amides is 1. The molecule has 20 heavy (non-hydrogen) atoms. The molecule has 4 nitrogen and oxygen atoms in total. The molecule has 0 atom stereocenters. The molecule has 1 amide bonds. The number of pyridine rings is 1. The molecule has 1 heterocycles. The first-order valence-electron chi connectivity index (χ1n) is 5.91. The quantitative estimate of drug-likeness (QED) is 0.877. The van der Waals surface area contributed by atoms with E-state index in [-0.39, 0.29) is 5.91 Å². The van der Waals surface area contributed by atoms with Crippen LogP contribution in [-0.2, 0) is 4.79 Å². The highest BCUT2D eigenvalue weighted by Gasteiger charge is 2.06. The van der Waals surface area contributed by atoms with Crippen LogP contribution < -0.4 is 10.1 Å². The lowest BCUT2D eigenvalue weighted by Gasteiger charge is -2.08. The third kappa shape index (κ3) is 3.83. The molecule has 5 heteroatoms. The number of nitrogens with zero attached hydrogens (tertiary/aromatic N) is 1. The van der Waals surface area contributed by atoms with Crippen LogP contribution in [0.3, 0.4) is 0 Å². The van der Waals surface area contributed by atoms with Crippen molar-refractivity contribution in [2.45, 2.75) is 0 Å². The van der Waals surface area contributed by atoms with Gasteiger partial charge in [0.25, 0.3) is 0 Å². The van der Waals surface area contributed by atoms with E-state index in [4.69, 9.17) is 16.3 Å². The molecule has 2 aromatic rings. The Morgan fingerprint density at radius 3 is 2.95 bits per heavy atom. The molecule has 0 saturated heterocycles. The molecule has 1 N–H and O–H groups in total. The maximum atomic E-state index is 11.8. The molecule has 0 bridgehead atoms. The van der Waals surface area contributed by atoms with Crippen molar-refractivity contribution >= 4 is 29.3 Å². The summed E-state index contributed by atoms with van der Waals surface area (Å²) >= 11 is 5.90. The van der Waals surface area contributed by atoms with Crippen LogP contribution in [0.2, 0.25) is 5.02 Å². The Bertz CT molecular complexity index is 627. The minimum atomic E-state index is -0.269. The van der Waals surface area contributed by atoms with Crippen LogP contribution in [0.5, 0.6) is 5.75 Å². The Hall–Kier alpha value is -2.33. The van der Waals surface area contributed by atoms with Crippen molar-refractivity contribution < 1.29 is 9.53 Å². The number of aromatic nitrogens is 1. The molecule has 0 fully saturated rings. The highest BCUT2D eigenvalue weighted by atomic mass is 35.5. The molecule has 0 unspecified atom stereocenters. The van der Waals surface area contributed by atoms with Gasteiger partial charge in [0.05, 0.1) is 12.8 Å². The molecule has 0 radical (unpaired) electrons. The summed E-state index contributed by atoms with van der Waals surface area (Å²) in [5.74, 6) is 0.284. The van der Waals surface area contributed by atoms with E-state index in [1.165, 1.54) is 13.2 Å². The lowest BCUT2D eigenvalue weighted by Crippen LogP contribution is -2.08. The summed E-state index contributed by atoms with van der Waals surface area (Å²) in [7, 11) is 1.53. The van der Waals surface area contributed by atoms with Gasteiger partial charge in [0.2, 0.25) is 5.91 Å². The smallest absolute Gasteiger partial charge is 0.248 e. The molecule has 0 spiro atoms. The SMILES string of the molecule is COc1ccc(Cl)cc1NC(=O)C=Cc1cccnc1. The van der Waals surface area contributed by atoms with Gasteiger partial charge in [-0.15, -0.1) is 0 Å². The number of rotatable bonds is 4. The molecular formula is C15H13ClN2O2. The van der Waals surface area contributed by atoms with E-state index in [9.17, 15) is 4.79 Å². The van der Waals surface area contributed by atoms with E-state index in [2.05, 4.69) is 10.3 Å². The first-order chi connectivity index (χ1) is 9.69. The average Bonchev–Trinajstić information content (AvgIpc) is 2.46. The van der Waals surface area contributed by atoms with E-state index in [1.54, 1.807) is 42.7 Å². The van der Waals surface area contributed by atoms with Crippen LogP contribution in [0.1, 0.15) is 5.56 Å². The largest absolute Gasteiger partial charge is 0.495 e. The Balaban J connectivity index is 2.08. The highest BCUT2D eigenvalue weighted by Crippen LogP contribution is 2.27. The van der Waals surface area contributed by atoms with Gasteiger partial charge in [-0.2, -0.15) is 0 Å². The fourth-order valence-electron chi connectivity index (χ4n) is 1.60. The molecule has 0 saturated carbocycles. The first kappa shape index (κ1) is 14.1. The zero-order valence-corrected chi connectivity index (χ0v) is 11.6. The van der Waals surface area contributed by atoms with Crippen molar-refractivity contribution in [1.82, 2.24) is 4.98 Å². The molecule has 1 aromatic heterocycles. The monoisotopic (exact) mass is 288 g/mol. The van der Waals surface area contributed by atoms with Crippen LogP contribution in [0.15, 0.2) is 48.8 Å². The second kappa shape index (κ2) is 6.73. The summed E-state index contributed by atoms with van der Waals surface area (Å²) in [5, 5.41) is 3.24. The number of hydrogen-bond acceptors (Lipinski definition) is 3. The van der Waals surface area contributed by atoms with Crippen molar-refractivity contribution in [3.8, 4) is 5.75 Å². The van der Waals surface area contributed by atoms with Crippen LogP contribution in [0.4, 0.5) is 5.69 Å². The zero-order valence-electron chi connectivity index (χ0n) is 10.8. The van der Waals surface area contributed by atoms with E-state index >= 15 is 0 Å². The number of ether oxygens (including phenoxy) is 1. The van der Waals surface area contributed by atoms with E-state index in [0.29, 0.717) is 16.5 Å². The fraction of sp³-hybridized carbons (Fsp3) is 0.0667. The Labute approximate surface area is 122 Å². The number of methoxy groups -OCH3 is 1. The maximum Gasteiger partial charge on any atom is 0.248 e. The summed E-state index contributed by atoms with van der Waals surface area (Å²) in [6.45, 7) is 0. The Kier molecular flexibility index (Phi) is 4.74. The van der Waals surface area contributed by atoms with Gasteiger partial charge >= 0.3 is 0 Å². The maximum absolute atomic E-state index is 11.8. The summed E-state index contributed by atoms with van der Waals surface area (Å²) in [6, 6.07) is 8.69. The summed E-state index contributed by atoms with van der Waals surface area (Å²) < 4.78 is 5.16. The predicted octanol–water partition coefficient (Wildman–Crippen LogP) is 3.40. The molecule has 2 rings (SSSR count). The van der Waals surface area contributed by atoms with Crippen LogP contribution in [0.25, 0.3) is 6.08 Å². The van der Waals surface area contributed by atoms with Gasteiger partial charge in [-0.05, 0) is 35.9 Å². The molecular weight excluding hydrogens is 276 g/mol.